The van der Waals surface area contributed by atoms with Gasteiger partial charge in [-0.15, -0.1) is 4.91 Å². The van der Waals surface area contributed by atoms with E-state index in [1.165, 1.54) is 6.20 Å². The number of rotatable bonds is 7. The molecule has 12 nitrogen and oxygen atoms in total. The van der Waals surface area contributed by atoms with E-state index in [4.69, 9.17) is 5.73 Å². The number of halogens is 2. The van der Waals surface area contributed by atoms with Gasteiger partial charge in [0.2, 0.25) is 11.8 Å². The number of anilines is 2. The molecule has 14 heteroatoms. The number of piperazine rings is 1. The van der Waals surface area contributed by atoms with Gasteiger partial charge in [-0.25, -0.2) is 8.78 Å². The van der Waals surface area contributed by atoms with Crippen molar-refractivity contribution in [2.75, 3.05) is 70.1 Å². The Kier molecular flexibility index (Phi) is 8.62. The number of alkyl halides is 1. The smallest absolute Gasteiger partial charge is 0.240 e. The average molecular weight is 524 g/mol. The molecule has 4 N–H and O–H groups in total. The highest BCUT2D eigenvalue weighted by atomic mass is 19.1. The average Bonchev–Trinajstić information content (AvgIpc) is 3.31. The molecule has 0 spiro atoms. The Hall–Kier alpha value is -2.81. The third-order valence-corrected chi connectivity index (χ3v) is 7.49. The Morgan fingerprint density at radius 3 is 2.54 bits per heavy atom. The molecule has 1 aromatic rings. The second-order valence-electron chi connectivity index (χ2n) is 9.97. The molecule has 4 unspecified atom stereocenters. The van der Waals surface area contributed by atoms with Crippen molar-refractivity contribution in [2.24, 2.45) is 16.8 Å². The number of carbonyl (C=O) groups is 2. The van der Waals surface area contributed by atoms with Crippen LogP contribution in [0.25, 0.3) is 0 Å². The number of nitrogens with one attached hydrogen (secondary N) is 2. The van der Waals surface area contributed by atoms with E-state index in [1.807, 2.05) is 7.05 Å². The monoisotopic (exact) mass is 523 g/mol. The SMILES string of the molecule is CN1CC(F)CNC1C(C(=O)Nc1cncc(F)c1N1CCN(C(=O)[C@H]2CCCN2C)CC1)C(N)N=O. The van der Waals surface area contributed by atoms with Gasteiger partial charge in [0.15, 0.2) is 12.0 Å². The van der Waals surface area contributed by atoms with E-state index in [1.54, 1.807) is 21.7 Å². The highest BCUT2D eigenvalue weighted by Gasteiger charge is 2.40. The number of likely N-dealkylation sites (tertiary alicyclic amines) is 1. The van der Waals surface area contributed by atoms with Crippen LogP contribution in [0.2, 0.25) is 0 Å². The molecule has 1 aromatic heterocycles. The summed E-state index contributed by atoms with van der Waals surface area (Å²) >= 11 is 0. The fourth-order valence-corrected chi connectivity index (χ4v) is 5.49. The number of nitrogens with zero attached hydrogens (tertiary/aromatic N) is 6. The van der Waals surface area contributed by atoms with Gasteiger partial charge in [-0.05, 0) is 33.5 Å². The van der Waals surface area contributed by atoms with Gasteiger partial charge in [0, 0.05) is 39.3 Å². The quantitative estimate of drug-likeness (QED) is 0.414. The van der Waals surface area contributed by atoms with Gasteiger partial charge in [0.1, 0.15) is 17.8 Å². The highest BCUT2D eigenvalue weighted by molar-refractivity contribution is 5.96. The third-order valence-electron chi connectivity index (χ3n) is 7.49. The maximum atomic E-state index is 15.0. The first-order valence-corrected chi connectivity index (χ1v) is 12.5. The van der Waals surface area contributed by atoms with Gasteiger partial charge < -0.3 is 20.9 Å². The number of nitrogens with two attached hydrogens (primary N) is 1. The van der Waals surface area contributed by atoms with E-state index >= 15 is 4.39 Å². The molecular weight excluding hydrogens is 488 g/mol. The lowest BCUT2D eigenvalue weighted by Gasteiger charge is -2.40. The Morgan fingerprint density at radius 1 is 1.19 bits per heavy atom. The molecule has 3 aliphatic rings. The van der Waals surface area contributed by atoms with E-state index in [9.17, 15) is 18.9 Å². The fraction of sp³-hybridized carbons (Fsp3) is 0.696. The van der Waals surface area contributed by atoms with Gasteiger partial charge in [0.25, 0.3) is 0 Å². The molecule has 0 saturated carbocycles. The van der Waals surface area contributed by atoms with Gasteiger partial charge in [-0.2, -0.15) is 0 Å². The van der Waals surface area contributed by atoms with E-state index in [0.717, 1.165) is 25.6 Å². The van der Waals surface area contributed by atoms with Gasteiger partial charge in [0.05, 0.1) is 30.3 Å². The van der Waals surface area contributed by atoms with Crippen LogP contribution in [0.4, 0.5) is 20.2 Å². The first-order valence-electron chi connectivity index (χ1n) is 12.5. The number of carbonyl (C=O) groups excluding carboxylic acids is 2. The van der Waals surface area contributed by atoms with E-state index in [-0.39, 0.29) is 36.4 Å². The molecule has 0 aromatic carbocycles. The van der Waals surface area contributed by atoms with Crippen LogP contribution in [0.5, 0.6) is 0 Å². The second kappa shape index (κ2) is 11.7. The summed E-state index contributed by atoms with van der Waals surface area (Å²) in [6.07, 6.45) is 0.919. The van der Waals surface area contributed by atoms with Crippen LogP contribution in [0.1, 0.15) is 12.8 Å². The fourth-order valence-electron chi connectivity index (χ4n) is 5.49. The van der Waals surface area contributed by atoms with Crippen molar-refractivity contribution in [1.29, 1.82) is 0 Å². The third kappa shape index (κ3) is 5.87. The number of likely N-dealkylation sites (N-methyl/N-ethyl adjacent to an activating group) is 1. The summed E-state index contributed by atoms with van der Waals surface area (Å²) in [4.78, 5) is 48.6. The number of pyridine rings is 1. The summed E-state index contributed by atoms with van der Waals surface area (Å²) in [6, 6.07) is -0.120. The lowest BCUT2D eigenvalue weighted by Crippen LogP contribution is -2.62. The number of aromatic nitrogens is 1. The molecule has 4 heterocycles. The molecular formula is C23H35F2N9O3. The molecule has 0 radical (unpaired) electrons. The van der Waals surface area contributed by atoms with Crippen molar-refractivity contribution >= 4 is 23.2 Å². The lowest BCUT2D eigenvalue weighted by atomic mass is 9.98. The molecule has 37 heavy (non-hydrogen) atoms. The van der Waals surface area contributed by atoms with E-state index in [0.29, 0.717) is 26.2 Å². The number of hydrogen-bond donors (Lipinski definition) is 3. The Bertz CT molecular complexity index is 994. The molecule has 204 valence electrons. The summed E-state index contributed by atoms with van der Waals surface area (Å²) in [7, 11) is 3.56. The summed E-state index contributed by atoms with van der Waals surface area (Å²) < 4.78 is 28.8. The van der Waals surface area contributed by atoms with Gasteiger partial charge in [-0.3, -0.25) is 29.7 Å². The van der Waals surface area contributed by atoms with Crippen molar-refractivity contribution in [2.45, 2.75) is 37.4 Å². The Labute approximate surface area is 214 Å². The zero-order chi connectivity index (χ0) is 26.7. The minimum absolute atomic E-state index is 0.00319. The molecule has 2 amide bonds. The lowest BCUT2D eigenvalue weighted by molar-refractivity contribution is -0.135. The van der Waals surface area contributed by atoms with Crippen LogP contribution < -0.4 is 21.3 Å². The van der Waals surface area contributed by atoms with Crippen LogP contribution >= 0.6 is 0 Å². The van der Waals surface area contributed by atoms with Crippen molar-refractivity contribution in [1.82, 2.24) is 25.0 Å². The number of amides is 2. The largest absolute Gasteiger partial charge is 0.364 e. The van der Waals surface area contributed by atoms with Crippen LogP contribution in [0.3, 0.4) is 0 Å². The van der Waals surface area contributed by atoms with Crippen molar-refractivity contribution in [3.63, 3.8) is 0 Å². The van der Waals surface area contributed by atoms with Crippen molar-refractivity contribution in [3.8, 4) is 0 Å². The molecule has 0 bridgehead atoms. The zero-order valence-corrected chi connectivity index (χ0v) is 21.1. The van der Waals surface area contributed by atoms with Gasteiger partial charge in [-0.1, -0.05) is 5.18 Å². The van der Waals surface area contributed by atoms with Crippen LogP contribution in [-0.4, -0.2) is 116 Å². The van der Waals surface area contributed by atoms with Crippen molar-refractivity contribution in [3.05, 3.63) is 23.1 Å². The molecule has 3 fully saturated rings. The van der Waals surface area contributed by atoms with Crippen LogP contribution in [0.15, 0.2) is 17.6 Å². The summed E-state index contributed by atoms with van der Waals surface area (Å²) in [5.41, 5.74) is 6.14. The minimum Gasteiger partial charge on any atom is -0.364 e. The van der Waals surface area contributed by atoms with Gasteiger partial charge >= 0.3 is 0 Å². The molecule has 5 atom stereocenters. The molecule has 4 rings (SSSR count). The number of nitroso groups, excluding NO2 is 1. The molecule has 0 aliphatic carbocycles. The van der Waals surface area contributed by atoms with E-state index in [2.05, 4.69) is 25.7 Å². The zero-order valence-electron chi connectivity index (χ0n) is 21.1. The van der Waals surface area contributed by atoms with Crippen LogP contribution in [0, 0.1) is 16.6 Å². The molecule has 3 aliphatic heterocycles. The van der Waals surface area contributed by atoms with Crippen LogP contribution in [-0.2, 0) is 9.59 Å². The minimum atomic E-state index is -1.41. The topological polar surface area (TPSA) is 140 Å². The second-order valence-corrected chi connectivity index (χ2v) is 9.97. The normalized spacial score (nSPS) is 27.1. The maximum Gasteiger partial charge on any atom is 0.240 e. The maximum absolute atomic E-state index is 15.0. The summed E-state index contributed by atoms with van der Waals surface area (Å²) in [6.45, 7) is 2.53. The Balaban J connectivity index is 1.48. The summed E-state index contributed by atoms with van der Waals surface area (Å²) in [5, 5.41) is 8.41. The number of hydrogen-bond acceptors (Lipinski definition) is 10. The van der Waals surface area contributed by atoms with Crippen molar-refractivity contribution < 1.29 is 18.4 Å². The van der Waals surface area contributed by atoms with E-state index < -0.39 is 36.1 Å². The first kappa shape index (κ1) is 27.2. The molecule has 3 saturated heterocycles. The highest BCUT2D eigenvalue weighted by Crippen LogP contribution is 2.31. The standard InChI is InChI=1S/C23H35F2N9O3/c1-31-5-3-4-17(31)23(36)34-8-6-33(7-9-34)19-15(25)11-27-12-16(19)29-22(35)18(20(26)30-37)21-28-10-14(24)13-32(21)2/h11-12,14,17-18,20-21,28H,3-10,13,26H2,1-2H3,(H,29,35)/t14?,17-,18?,20?,21?/m1/s1. The predicted molar refractivity (Wildman–Crippen MR) is 134 cm³/mol. The first-order chi connectivity index (χ1) is 17.7. The summed E-state index contributed by atoms with van der Waals surface area (Å²) in [5.74, 6) is -2.37. The Morgan fingerprint density at radius 2 is 1.92 bits per heavy atom. The predicted octanol–water partition coefficient (Wildman–Crippen LogP) is -0.231.